The van der Waals surface area contributed by atoms with Gasteiger partial charge in [0.25, 0.3) is 0 Å². The summed E-state index contributed by atoms with van der Waals surface area (Å²) in [6.45, 7) is 2.29. The smallest absolute Gasteiger partial charge is 0.309 e. The maximum Gasteiger partial charge on any atom is 0.309 e. The number of carbonyl (C=O) groups is 2. The van der Waals surface area contributed by atoms with Gasteiger partial charge in [-0.05, 0) is 36.8 Å². The highest BCUT2D eigenvalue weighted by atomic mass is 16.6. The van der Waals surface area contributed by atoms with E-state index in [9.17, 15) is 9.59 Å². The number of benzene rings is 2. The molecule has 0 aromatic heterocycles. The molecule has 3 rings (SSSR count). The molecule has 27 heavy (non-hydrogen) atoms. The van der Waals surface area contributed by atoms with Crippen molar-refractivity contribution in [2.75, 3.05) is 20.3 Å². The van der Waals surface area contributed by atoms with Crippen LogP contribution in [-0.4, -0.2) is 38.2 Å². The second-order valence-electron chi connectivity index (χ2n) is 6.18. The van der Waals surface area contributed by atoms with Crippen LogP contribution in [0.15, 0.2) is 48.5 Å². The van der Waals surface area contributed by atoms with E-state index in [0.717, 1.165) is 11.3 Å². The van der Waals surface area contributed by atoms with Gasteiger partial charge in [0.15, 0.2) is 11.5 Å². The second-order valence-corrected chi connectivity index (χ2v) is 6.18. The number of nitrogens with one attached hydrogen (secondary N) is 2. The van der Waals surface area contributed by atoms with E-state index in [4.69, 9.17) is 14.2 Å². The van der Waals surface area contributed by atoms with Gasteiger partial charge in [-0.1, -0.05) is 24.3 Å². The van der Waals surface area contributed by atoms with Crippen molar-refractivity contribution in [2.45, 2.75) is 19.1 Å². The molecule has 142 valence electrons. The second kappa shape index (κ2) is 8.44. The summed E-state index contributed by atoms with van der Waals surface area (Å²) in [6.07, 6.45) is -0.351. The van der Waals surface area contributed by atoms with E-state index in [1.807, 2.05) is 37.3 Å². The van der Waals surface area contributed by atoms with Crippen LogP contribution in [0.25, 0.3) is 0 Å². The van der Waals surface area contributed by atoms with E-state index in [1.165, 1.54) is 0 Å². The van der Waals surface area contributed by atoms with E-state index in [2.05, 4.69) is 10.6 Å². The number of hydrogen-bond acceptors (Lipinski definition) is 5. The van der Waals surface area contributed by atoms with Gasteiger partial charge in [-0.3, -0.25) is 9.59 Å². The molecule has 0 bridgehead atoms. The molecule has 7 heteroatoms. The van der Waals surface area contributed by atoms with Crippen molar-refractivity contribution in [2.24, 2.45) is 0 Å². The molecular formula is C20H22N2O5. The predicted octanol–water partition coefficient (Wildman–Crippen LogP) is 1.83. The summed E-state index contributed by atoms with van der Waals surface area (Å²) in [4.78, 5) is 24.2. The van der Waals surface area contributed by atoms with Crippen molar-refractivity contribution in [3.8, 4) is 17.2 Å². The molecule has 0 radical (unpaired) electrons. The van der Waals surface area contributed by atoms with Gasteiger partial charge in [-0.15, -0.1) is 0 Å². The molecule has 2 N–H and O–H groups in total. The van der Waals surface area contributed by atoms with Crippen molar-refractivity contribution >= 4 is 11.8 Å². The van der Waals surface area contributed by atoms with E-state index in [1.54, 1.807) is 25.3 Å². The molecule has 2 unspecified atom stereocenters. The Kier molecular flexibility index (Phi) is 5.80. The zero-order chi connectivity index (χ0) is 19.2. The third kappa shape index (κ3) is 4.69. The van der Waals surface area contributed by atoms with Crippen molar-refractivity contribution in [3.63, 3.8) is 0 Å². The number of hydrogen-bond donors (Lipinski definition) is 2. The Morgan fingerprint density at radius 2 is 1.81 bits per heavy atom. The van der Waals surface area contributed by atoms with Gasteiger partial charge in [0.2, 0.25) is 0 Å². The third-order valence-electron chi connectivity index (χ3n) is 4.23. The lowest BCUT2D eigenvalue weighted by Gasteiger charge is -2.26. The maximum atomic E-state index is 12.1. The molecule has 1 aliphatic heterocycles. The Morgan fingerprint density at radius 3 is 2.52 bits per heavy atom. The van der Waals surface area contributed by atoms with Gasteiger partial charge < -0.3 is 24.8 Å². The SMILES string of the molecule is COc1ccc(C(C)NC(=O)C(=O)NCC2COc3ccccc3O2)cc1. The lowest BCUT2D eigenvalue weighted by atomic mass is 10.1. The summed E-state index contributed by atoms with van der Waals surface area (Å²) in [5, 5.41) is 5.25. The molecule has 0 saturated carbocycles. The van der Waals surface area contributed by atoms with Gasteiger partial charge >= 0.3 is 11.8 Å². The largest absolute Gasteiger partial charge is 0.497 e. The lowest BCUT2D eigenvalue weighted by molar-refractivity contribution is -0.139. The number of carbonyl (C=O) groups excluding carboxylic acids is 2. The minimum absolute atomic E-state index is 0.178. The first kappa shape index (κ1) is 18.6. The summed E-state index contributed by atoms with van der Waals surface area (Å²) < 4.78 is 16.4. The Balaban J connectivity index is 1.47. The number of ether oxygens (including phenoxy) is 3. The van der Waals surface area contributed by atoms with Crippen LogP contribution in [0.1, 0.15) is 18.5 Å². The highest BCUT2D eigenvalue weighted by Gasteiger charge is 2.23. The van der Waals surface area contributed by atoms with Crippen molar-refractivity contribution in [1.29, 1.82) is 0 Å². The molecule has 0 saturated heterocycles. The van der Waals surface area contributed by atoms with Crippen molar-refractivity contribution in [1.82, 2.24) is 10.6 Å². The van der Waals surface area contributed by atoms with Gasteiger partial charge in [-0.2, -0.15) is 0 Å². The van der Waals surface area contributed by atoms with Gasteiger partial charge in [0.1, 0.15) is 18.5 Å². The summed E-state index contributed by atoms with van der Waals surface area (Å²) in [5.74, 6) is 0.617. The fraction of sp³-hybridized carbons (Fsp3) is 0.300. The molecule has 0 spiro atoms. The van der Waals surface area contributed by atoms with Crippen LogP contribution in [0, 0.1) is 0 Å². The molecule has 7 nitrogen and oxygen atoms in total. The number of para-hydroxylation sites is 2. The molecular weight excluding hydrogens is 348 g/mol. The van der Waals surface area contributed by atoms with E-state index in [-0.39, 0.29) is 18.7 Å². The zero-order valence-electron chi connectivity index (χ0n) is 15.2. The molecule has 2 aromatic rings. The van der Waals surface area contributed by atoms with Gasteiger partial charge in [0, 0.05) is 0 Å². The van der Waals surface area contributed by atoms with E-state index < -0.39 is 11.8 Å². The Bertz CT molecular complexity index is 806. The normalized spacial score (nSPS) is 16.1. The molecule has 1 heterocycles. The number of amides is 2. The lowest BCUT2D eigenvalue weighted by Crippen LogP contribution is -2.46. The van der Waals surface area contributed by atoms with E-state index >= 15 is 0 Å². The van der Waals surface area contributed by atoms with Crippen LogP contribution in [0.5, 0.6) is 17.2 Å². The van der Waals surface area contributed by atoms with Crippen LogP contribution in [-0.2, 0) is 9.59 Å². The first-order chi connectivity index (χ1) is 13.1. The fourth-order valence-corrected chi connectivity index (χ4v) is 2.69. The molecule has 0 aliphatic carbocycles. The van der Waals surface area contributed by atoms with Crippen molar-refractivity contribution in [3.05, 3.63) is 54.1 Å². The minimum Gasteiger partial charge on any atom is -0.497 e. The zero-order valence-corrected chi connectivity index (χ0v) is 15.2. The third-order valence-corrected chi connectivity index (χ3v) is 4.23. The number of rotatable bonds is 5. The highest BCUT2D eigenvalue weighted by Crippen LogP contribution is 2.30. The van der Waals surface area contributed by atoms with Crippen LogP contribution < -0.4 is 24.8 Å². The molecule has 2 aromatic carbocycles. The topological polar surface area (TPSA) is 85.9 Å². The Labute approximate surface area is 157 Å². The van der Waals surface area contributed by atoms with Crippen LogP contribution in [0.3, 0.4) is 0 Å². The standard InChI is InChI=1S/C20H22N2O5/c1-13(14-7-9-15(25-2)10-8-14)22-20(24)19(23)21-11-16-12-26-17-5-3-4-6-18(17)27-16/h3-10,13,16H,11-12H2,1-2H3,(H,21,23)(H,22,24). The number of methoxy groups -OCH3 is 1. The van der Waals surface area contributed by atoms with E-state index in [0.29, 0.717) is 18.1 Å². The van der Waals surface area contributed by atoms with Crippen LogP contribution >= 0.6 is 0 Å². The summed E-state index contributed by atoms with van der Waals surface area (Å²) >= 11 is 0. The fourth-order valence-electron chi connectivity index (χ4n) is 2.69. The molecule has 1 aliphatic rings. The van der Waals surface area contributed by atoms with Crippen molar-refractivity contribution < 1.29 is 23.8 Å². The summed E-state index contributed by atoms with van der Waals surface area (Å²) in [5.41, 5.74) is 0.873. The maximum absolute atomic E-state index is 12.1. The predicted molar refractivity (Wildman–Crippen MR) is 98.9 cm³/mol. The summed E-state index contributed by atoms with van der Waals surface area (Å²) in [7, 11) is 1.59. The molecule has 0 fully saturated rings. The minimum atomic E-state index is -0.710. The average molecular weight is 370 g/mol. The number of fused-ring (bicyclic) bond motifs is 1. The van der Waals surface area contributed by atoms with Crippen LogP contribution in [0.4, 0.5) is 0 Å². The molecule has 2 atom stereocenters. The quantitative estimate of drug-likeness (QED) is 0.785. The summed E-state index contributed by atoms with van der Waals surface area (Å²) in [6, 6.07) is 14.3. The monoisotopic (exact) mass is 370 g/mol. The molecule has 2 amide bonds. The first-order valence-corrected chi connectivity index (χ1v) is 8.68. The Hall–Kier alpha value is -3.22. The first-order valence-electron chi connectivity index (χ1n) is 8.68. The van der Waals surface area contributed by atoms with Crippen LogP contribution in [0.2, 0.25) is 0 Å². The highest BCUT2D eigenvalue weighted by molar-refractivity contribution is 6.35. The van der Waals surface area contributed by atoms with Gasteiger partial charge in [0.05, 0.1) is 19.7 Å². The van der Waals surface area contributed by atoms with Gasteiger partial charge in [-0.25, -0.2) is 0 Å². The average Bonchev–Trinajstić information content (AvgIpc) is 2.71. The Morgan fingerprint density at radius 1 is 1.11 bits per heavy atom.